The SMILES string of the molecule is CC(C)(C)c1ccc(SCC(=O)N2CC3CCC(N)C3C2)cc1. The van der Waals surface area contributed by atoms with Gasteiger partial charge in [-0.1, -0.05) is 32.9 Å². The second kappa shape index (κ2) is 6.48. The fraction of sp³-hybridized carbons (Fsp3) is 0.632. The molecule has 3 atom stereocenters. The summed E-state index contributed by atoms with van der Waals surface area (Å²) in [7, 11) is 0. The maximum atomic E-state index is 12.4. The van der Waals surface area contributed by atoms with Crippen molar-refractivity contribution in [1.82, 2.24) is 4.90 Å². The second-order valence-corrected chi connectivity index (χ2v) is 9.08. The Hall–Kier alpha value is -1.00. The first-order chi connectivity index (χ1) is 10.8. The van der Waals surface area contributed by atoms with Gasteiger partial charge in [0.05, 0.1) is 5.75 Å². The highest BCUT2D eigenvalue weighted by atomic mass is 32.2. The highest BCUT2D eigenvalue weighted by molar-refractivity contribution is 8.00. The molecule has 1 heterocycles. The van der Waals surface area contributed by atoms with Crippen molar-refractivity contribution in [2.24, 2.45) is 17.6 Å². The predicted octanol–water partition coefficient (Wildman–Crippen LogP) is 3.27. The Labute approximate surface area is 144 Å². The third kappa shape index (κ3) is 3.74. The summed E-state index contributed by atoms with van der Waals surface area (Å²) < 4.78 is 0. The van der Waals surface area contributed by atoms with Crippen LogP contribution in [0.2, 0.25) is 0 Å². The minimum atomic E-state index is 0.172. The van der Waals surface area contributed by atoms with Gasteiger partial charge in [0.1, 0.15) is 0 Å². The second-order valence-electron chi connectivity index (χ2n) is 8.03. The van der Waals surface area contributed by atoms with Gasteiger partial charge in [-0.05, 0) is 47.8 Å². The fourth-order valence-electron chi connectivity index (χ4n) is 3.80. The van der Waals surface area contributed by atoms with Crippen LogP contribution < -0.4 is 5.73 Å². The lowest BCUT2D eigenvalue weighted by molar-refractivity contribution is -0.127. The zero-order chi connectivity index (χ0) is 16.6. The molecule has 3 rings (SSSR count). The number of rotatable bonds is 3. The minimum Gasteiger partial charge on any atom is -0.341 e. The molecule has 1 aliphatic carbocycles. The number of likely N-dealkylation sites (tertiary alicyclic amines) is 1. The molecule has 0 spiro atoms. The zero-order valence-electron chi connectivity index (χ0n) is 14.4. The Morgan fingerprint density at radius 1 is 1.22 bits per heavy atom. The Balaban J connectivity index is 1.52. The van der Waals surface area contributed by atoms with Gasteiger partial charge in [0.25, 0.3) is 0 Å². The van der Waals surface area contributed by atoms with Gasteiger partial charge < -0.3 is 10.6 Å². The van der Waals surface area contributed by atoms with Gasteiger partial charge in [-0.25, -0.2) is 0 Å². The van der Waals surface area contributed by atoms with Gasteiger partial charge in [-0.15, -0.1) is 11.8 Å². The molecule has 23 heavy (non-hydrogen) atoms. The molecule has 4 heteroatoms. The van der Waals surface area contributed by atoms with E-state index in [1.165, 1.54) is 16.9 Å². The lowest BCUT2D eigenvalue weighted by atomic mass is 9.87. The van der Waals surface area contributed by atoms with E-state index in [-0.39, 0.29) is 11.3 Å². The third-order valence-electron chi connectivity index (χ3n) is 5.35. The normalized spacial score (nSPS) is 27.3. The predicted molar refractivity (Wildman–Crippen MR) is 96.6 cm³/mol. The van der Waals surface area contributed by atoms with Crippen molar-refractivity contribution in [2.45, 2.75) is 50.0 Å². The van der Waals surface area contributed by atoms with Gasteiger partial charge in [0.2, 0.25) is 5.91 Å². The van der Waals surface area contributed by atoms with Crippen molar-refractivity contribution >= 4 is 17.7 Å². The van der Waals surface area contributed by atoms with E-state index in [0.29, 0.717) is 23.6 Å². The lowest BCUT2D eigenvalue weighted by Gasteiger charge is -2.20. The zero-order valence-corrected chi connectivity index (χ0v) is 15.2. The van der Waals surface area contributed by atoms with Gasteiger partial charge in [-0.2, -0.15) is 0 Å². The van der Waals surface area contributed by atoms with Crippen LogP contribution in [0.1, 0.15) is 39.2 Å². The van der Waals surface area contributed by atoms with Crippen LogP contribution in [0.3, 0.4) is 0 Å². The number of thioether (sulfide) groups is 1. The summed E-state index contributed by atoms with van der Waals surface area (Å²) in [6, 6.07) is 8.91. The first-order valence-corrected chi connectivity index (χ1v) is 9.60. The molecule has 2 fully saturated rings. The number of nitrogens with zero attached hydrogens (tertiary/aromatic N) is 1. The van der Waals surface area contributed by atoms with Gasteiger partial charge in [-0.3, -0.25) is 4.79 Å². The molecule has 3 unspecified atom stereocenters. The maximum absolute atomic E-state index is 12.4. The molecule has 3 nitrogen and oxygen atoms in total. The number of carbonyl (C=O) groups excluding carboxylic acids is 1. The minimum absolute atomic E-state index is 0.172. The topological polar surface area (TPSA) is 46.3 Å². The summed E-state index contributed by atoms with van der Waals surface area (Å²) in [5, 5.41) is 0. The van der Waals surface area contributed by atoms with E-state index in [2.05, 4.69) is 45.0 Å². The lowest BCUT2D eigenvalue weighted by Crippen LogP contribution is -2.34. The van der Waals surface area contributed by atoms with E-state index in [9.17, 15) is 4.79 Å². The van der Waals surface area contributed by atoms with E-state index in [1.807, 2.05) is 4.90 Å². The first kappa shape index (κ1) is 16.8. The Kier molecular flexibility index (Phi) is 4.75. The van der Waals surface area contributed by atoms with E-state index >= 15 is 0 Å². The quantitative estimate of drug-likeness (QED) is 0.864. The van der Waals surface area contributed by atoms with Crippen LogP contribution in [0, 0.1) is 11.8 Å². The summed E-state index contributed by atoms with van der Waals surface area (Å²) >= 11 is 1.64. The van der Waals surface area contributed by atoms with Crippen LogP contribution in [0.4, 0.5) is 0 Å². The standard InChI is InChI=1S/C19H28N2OS/c1-19(2,3)14-5-7-15(8-6-14)23-12-18(22)21-10-13-4-9-17(20)16(13)11-21/h5-8,13,16-17H,4,9-12,20H2,1-3H3. The number of amides is 1. The molecule has 126 valence electrons. The molecule has 1 aliphatic heterocycles. The van der Waals surface area contributed by atoms with Crippen molar-refractivity contribution in [2.75, 3.05) is 18.8 Å². The Morgan fingerprint density at radius 2 is 1.91 bits per heavy atom. The largest absolute Gasteiger partial charge is 0.341 e. The molecule has 0 radical (unpaired) electrons. The molecule has 2 N–H and O–H groups in total. The van der Waals surface area contributed by atoms with Gasteiger partial charge in [0, 0.05) is 24.0 Å². The molecule has 0 bridgehead atoms. The van der Waals surface area contributed by atoms with Crippen molar-refractivity contribution in [3.8, 4) is 0 Å². The van der Waals surface area contributed by atoms with Gasteiger partial charge in [0.15, 0.2) is 0 Å². The van der Waals surface area contributed by atoms with Crippen LogP contribution in [-0.2, 0) is 10.2 Å². The summed E-state index contributed by atoms with van der Waals surface area (Å²) in [4.78, 5) is 15.6. The third-order valence-corrected chi connectivity index (χ3v) is 6.34. The smallest absolute Gasteiger partial charge is 0.232 e. The maximum Gasteiger partial charge on any atom is 0.232 e. The van der Waals surface area contributed by atoms with Crippen LogP contribution in [0.15, 0.2) is 29.2 Å². The Bertz CT molecular complexity index is 564. The van der Waals surface area contributed by atoms with E-state index in [0.717, 1.165) is 19.5 Å². The number of benzene rings is 1. The number of hydrogen-bond acceptors (Lipinski definition) is 3. The van der Waals surface area contributed by atoms with Crippen molar-refractivity contribution in [3.05, 3.63) is 29.8 Å². The van der Waals surface area contributed by atoms with Crippen LogP contribution in [0.25, 0.3) is 0 Å². The molecule has 2 aliphatic rings. The number of carbonyl (C=O) groups is 1. The number of nitrogens with two attached hydrogens (primary N) is 1. The van der Waals surface area contributed by atoms with E-state index in [4.69, 9.17) is 5.73 Å². The molecule has 1 amide bonds. The molecular weight excluding hydrogens is 304 g/mol. The molecular formula is C19H28N2OS. The fourth-order valence-corrected chi connectivity index (χ4v) is 4.60. The van der Waals surface area contributed by atoms with Crippen molar-refractivity contribution in [1.29, 1.82) is 0 Å². The van der Waals surface area contributed by atoms with Crippen LogP contribution in [-0.4, -0.2) is 35.7 Å². The van der Waals surface area contributed by atoms with E-state index in [1.54, 1.807) is 11.8 Å². The number of hydrogen-bond donors (Lipinski definition) is 1. The molecule has 1 aromatic rings. The highest BCUT2D eigenvalue weighted by Gasteiger charge is 2.42. The van der Waals surface area contributed by atoms with Crippen molar-refractivity contribution in [3.63, 3.8) is 0 Å². The summed E-state index contributed by atoms with van der Waals surface area (Å²) in [5.74, 6) is 1.97. The van der Waals surface area contributed by atoms with E-state index < -0.39 is 0 Å². The molecule has 0 aromatic heterocycles. The molecule has 1 aromatic carbocycles. The summed E-state index contributed by atoms with van der Waals surface area (Å²) in [6.45, 7) is 8.43. The average Bonchev–Trinajstić information content (AvgIpc) is 3.07. The first-order valence-electron chi connectivity index (χ1n) is 8.61. The average molecular weight is 333 g/mol. The monoisotopic (exact) mass is 332 g/mol. The molecule has 1 saturated carbocycles. The highest BCUT2D eigenvalue weighted by Crippen LogP contribution is 2.37. The van der Waals surface area contributed by atoms with Crippen LogP contribution >= 0.6 is 11.8 Å². The summed E-state index contributed by atoms with van der Waals surface area (Å²) in [6.07, 6.45) is 2.32. The Morgan fingerprint density at radius 3 is 2.52 bits per heavy atom. The number of fused-ring (bicyclic) bond motifs is 1. The summed E-state index contributed by atoms with van der Waals surface area (Å²) in [5.41, 5.74) is 7.65. The van der Waals surface area contributed by atoms with Gasteiger partial charge >= 0.3 is 0 Å². The molecule has 1 saturated heterocycles. The van der Waals surface area contributed by atoms with Crippen LogP contribution in [0.5, 0.6) is 0 Å². The van der Waals surface area contributed by atoms with Crippen molar-refractivity contribution < 1.29 is 4.79 Å².